The van der Waals surface area contributed by atoms with E-state index in [0.717, 1.165) is 28.8 Å². The second kappa shape index (κ2) is 12.7. The number of benzene rings is 3. The number of carbonyl (C=O) groups is 2. The minimum absolute atomic E-state index is 0.193. The molecule has 4 heteroatoms. The van der Waals surface area contributed by atoms with Gasteiger partial charge >= 0.3 is 5.97 Å². The second-order valence-corrected chi connectivity index (χ2v) is 11.0. The van der Waals surface area contributed by atoms with Crippen molar-refractivity contribution < 1.29 is 14.3 Å². The standard InChI is InChI=1S/C30H31O3P/c1-3-5-6-7-17-24-28(31)29(30(32)33-4-2)34(25-18-11-8-12-19-25,26-20-13-9-14-21-26)27-22-15-10-16-23-27/h3,5,8-24H,4,6-7H2,1-2H3/b5-3+,24-17+. The molecule has 0 radical (unpaired) electrons. The van der Waals surface area contributed by atoms with Crippen LogP contribution in [0.3, 0.4) is 0 Å². The normalized spacial score (nSPS) is 11.6. The highest BCUT2D eigenvalue weighted by Crippen LogP contribution is 2.46. The topological polar surface area (TPSA) is 43.4 Å². The van der Waals surface area contributed by atoms with Crippen molar-refractivity contribution in [2.24, 2.45) is 0 Å². The van der Waals surface area contributed by atoms with E-state index in [4.69, 9.17) is 4.74 Å². The summed E-state index contributed by atoms with van der Waals surface area (Å²) in [4.78, 5) is 27.4. The number of unbranched alkanes of at least 4 members (excludes halogenated alkanes) is 1. The van der Waals surface area contributed by atoms with Gasteiger partial charge in [0.15, 0.2) is 5.78 Å². The lowest BCUT2D eigenvalue weighted by atomic mass is 10.2. The predicted molar refractivity (Wildman–Crippen MR) is 145 cm³/mol. The lowest BCUT2D eigenvalue weighted by Crippen LogP contribution is -2.37. The summed E-state index contributed by atoms with van der Waals surface area (Å²) in [7, 11) is 0. The summed E-state index contributed by atoms with van der Waals surface area (Å²) in [6, 6.07) is 29.6. The van der Waals surface area contributed by atoms with Crippen LogP contribution in [0.4, 0.5) is 0 Å². The first kappa shape index (κ1) is 25.2. The number of ether oxygens (including phenoxy) is 1. The predicted octanol–water partition coefficient (Wildman–Crippen LogP) is 5.20. The van der Waals surface area contributed by atoms with Crippen molar-refractivity contribution in [2.45, 2.75) is 26.7 Å². The first-order chi connectivity index (χ1) is 16.7. The molecule has 3 nitrogen and oxygen atoms in total. The van der Waals surface area contributed by atoms with E-state index in [1.54, 1.807) is 13.0 Å². The highest BCUT2D eigenvalue weighted by Gasteiger charge is 2.36. The maximum absolute atomic E-state index is 13.8. The van der Waals surface area contributed by atoms with Crippen LogP contribution in [0, 0.1) is 0 Å². The van der Waals surface area contributed by atoms with Crippen LogP contribution in [0.2, 0.25) is 0 Å². The third kappa shape index (κ3) is 5.55. The molecule has 3 rings (SSSR count). The molecule has 0 aliphatic carbocycles. The van der Waals surface area contributed by atoms with Crippen LogP contribution in [0.25, 0.3) is 0 Å². The van der Waals surface area contributed by atoms with Crippen molar-refractivity contribution in [1.82, 2.24) is 0 Å². The molecule has 0 aliphatic heterocycles. The van der Waals surface area contributed by atoms with Gasteiger partial charge < -0.3 is 4.74 Å². The first-order valence-corrected chi connectivity index (χ1v) is 13.4. The molecule has 0 saturated carbocycles. The number of ketones is 1. The number of hydrogen-bond donors (Lipinski definition) is 0. The van der Waals surface area contributed by atoms with Crippen LogP contribution in [0.15, 0.2) is 115 Å². The molecular weight excluding hydrogens is 439 g/mol. The van der Waals surface area contributed by atoms with Crippen molar-refractivity contribution in [2.75, 3.05) is 6.61 Å². The Balaban J connectivity index is 2.45. The number of allylic oxidation sites excluding steroid dienone is 4. The van der Waals surface area contributed by atoms with Crippen molar-refractivity contribution in [3.05, 3.63) is 115 Å². The summed E-state index contributed by atoms with van der Waals surface area (Å²) in [5, 5.41) is 3.00. The number of carbonyl (C=O) groups excluding carboxylic acids is 2. The molecule has 0 amide bonds. The maximum atomic E-state index is 13.8. The smallest absolute Gasteiger partial charge is 0.343 e. The third-order valence-electron chi connectivity index (χ3n) is 5.47. The average Bonchev–Trinajstić information content (AvgIpc) is 2.88. The van der Waals surface area contributed by atoms with Crippen LogP contribution in [-0.2, 0) is 14.3 Å². The van der Waals surface area contributed by atoms with Crippen LogP contribution in [0.1, 0.15) is 26.7 Å². The molecule has 0 spiro atoms. The molecular formula is C30H31O3P. The van der Waals surface area contributed by atoms with E-state index in [-0.39, 0.29) is 17.7 Å². The first-order valence-electron chi connectivity index (χ1n) is 11.6. The lowest BCUT2D eigenvalue weighted by Gasteiger charge is -2.31. The fraction of sp³-hybridized carbons (Fsp3) is 0.167. The van der Waals surface area contributed by atoms with Gasteiger partial charge in [-0.25, -0.2) is 4.79 Å². The summed E-state index contributed by atoms with van der Waals surface area (Å²) >= 11 is 0. The lowest BCUT2D eigenvalue weighted by molar-refractivity contribution is -0.135. The van der Waals surface area contributed by atoms with E-state index in [1.165, 1.54) is 0 Å². The molecule has 0 aromatic heterocycles. The van der Waals surface area contributed by atoms with E-state index >= 15 is 0 Å². The molecule has 0 saturated heterocycles. The average molecular weight is 471 g/mol. The highest BCUT2D eigenvalue weighted by atomic mass is 31.2. The second-order valence-electron chi connectivity index (χ2n) is 7.66. The summed E-state index contributed by atoms with van der Waals surface area (Å²) in [5.41, 5.74) is 0. The van der Waals surface area contributed by atoms with E-state index in [9.17, 15) is 9.59 Å². The Labute approximate surface area is 202 Å². The largest absolute Gasteiger partial charge is 0.462 e. The van der Waals surface area contributed by atoms with E-state index in [0.29, 0.717) is 0 Å². The molecule has 0 N–H and O–H groups in total. The molecule has 3 aromatic carbocycles. The van der Waals surface area contributed by atoms with Crippen LogP contribution < -0.4 is 15.9 Å². The van der Waals surface area contributed by atoms with Crippen molar-refractivity contribution in [1.29, 1.82) is 0 Å². The van der Waals surface area contributed by atoms with E-state index < -0.39 is 12.9 Å². The van der Waals surface area contributed by atoms with Gasteiger partial charge in [-0.15, -0.1) is 0 Å². The van der Waals surface area contributed by atoms with Gasteiger partial charge in [-0.3, -0.25) is 4.79 Å². The zero-order chi connectivity index (χ0) is 24.2. The Kier molecular flexibility index (Phi) is 9.43. The Morgan fingerprint density at radius 1 is 0.735 bits per heavy atom. The maximum Gasteiger partial charge on any atom is 0.343 e. The number of esters is 1. The minimum atomic E-state index is -2.84. The monoisotopic (exact) mass is 470 g/mol. The van der Waals surface area contributed by atoms with Gasteiger partial charge in [-0.05, 0) is 55.6 Å². The molecule has 34 heavy (non-hydrogen) atoms. The molecule has 0 bridgehead atoms. The van der Waals surface area contributed by atoms with Gasteiger partial charge in [0.05, 0.1) is 6.61 Å². The van der Waals surface area contributed by atoms with Crippen molar-refractivity contribution >= 4 is 39.8 Å². The fourth-order valence-electron chi connectivity index (χ4n) is 4.02. The summed E-state index contributed by atoms with van der Waals surface area (Å²) < 4.78 is 5.53. The summed E-state index contributed by atoms with van der Waals surface area (Å²) in [5.74, 6) is -0.862. The van der Waals surface area contributed by atoms with Crippen LogP contribution in [0.5, 0.6) is 0 Å². The zero-order valence-corrected chi connectivity index (χ0v) is 20.7. The number of rotatable bonds is 10. The zero-order valence-electron chi connectivity index (χ0n) is 19.8. The molecule has 174 valence electrons. The Morgan fingerprint density at radius 3 is 1.59 bits per heavy atom. The number of hydrogen-bond acceptors (Lipinski definition) is 3. The Hall–Kier alpha value is -3.42. The fourth-order valence-corrected chi connectivity index (χ4v) is 8.29. The highest BCUT2D eigenvalue weighted by molar-refractivity contribution is 7.97. The Bertz CT molecular complexity index is 1090. The molecule has 0 heterocycles. The van der Waals surface area contributed by atoms with E-state index in [1.807, 2.05) is 110 Å². The van der Waals surface area contributed by atoms with Gasteiger partial charge in [0.2, 0.25) is 0 Å². The summed E-state index contributed by atoms with van der Waals surface area (Å²) in [6.07, 6.45) is 8.99. The van der Waals surface area contributed by atoms with Crippen LogP contribution >= 0.6 is 6.89 Å². The third-order valence-corrected chi connectivity index (χ3v) is 9.76. The van der Waals surface area contributed by atoms with E-state index in [2.05, 4.69) is 6.08 Å². The molecule has 3 aromatic rings. The van der Waals surface area contributed by atoms with Gasteiger partial charge in [0.1, 0.15) is 5.29 Å². The SMILES string of the molecule is C/C=C/CC/C=C/C(=O)C(C(=O)OCC)=P(c1ccccc1)(c1ccccc1)c1ccccc1. The quantitative estimate of drug-likeness (QED) is 0.102. The molecule has 0 unspecified atom stereocenters. The summed E-state index contributed by atoms with van der Waals surface area (Å²) in [6.45, 7) is 1.09. The van der Waals surface area contributed by atoms with Crippen molar-refractivity contribution in [3.63, 3.8) is 0 Å². The van der Waals surface area contributed by atoms with Gasteiger partial charge in [-0.2, -0.15) is 0 Å². The van der Waals surface area contributed by atoms with Gasteiger partial charge in [0.25, 0.3) is 0 Å². The molecule has 0 atom stereocenters. The van der Waals surface area contributed by atoms with Crippen LogP contribution in [-0.4, -0.2) is 23.7 Å². The van der Waals surface area contributed by atoms with Gasteiger partial charge in [-0.1, -0.05) is 109 Å². The van der Waals surface area contributed by atoms with Crippen molar-refractivity contribution in [3.8, 4) is 0 Å². The Morgan fingerprint density at radius 2 is 1.18 bits per heavy atom. The molecule has 0 aliphatic rings. The van der Waals surface area contributed by atoms with Gasteiger partial charge in [0, 0.05) is 0 Å². The molecule has 0 fully saturated rings. The minimum Gasteiger partial charge on any atom is -0.462 e.